The Labute approximate surface area is 79.8 Å². The zero-order valence-electron chi connectivity index (χ0n) is 8.20. The molecule has 0 aromatic heterocycles. The molecule has 0 aromatic rings. The van der Waals surface area contributed by atoms with Gasteiger partial charge >= 0.3 is 5.97 Å². The molecule has 0 atom stereocenters. The molecule has 0 saturated carbocycles. The summed E-state index contributed by atoms with van der Waals surface area (Å²) in [4.78, 5) is 10.9. The third-order valence-corrected chi connectivity index (χ3v) is 2.63. The number of ether oxygens (including phenoxy) is 1. The Morgan fingerprint density at radius 1 is 1.38 bits per heavy atom. The first-order valence-electron chi connectivity index (χ1n) is 3.80. The highest BCUT2D eigenvalue weighted by Crippen LogP contribution is 2.34. The predicted octanol–water partition coefficient (Wildman–Crippen LogP) is 1.71. The standard InChI is InChI=1S/C8H15O4P/c1-7(2)8(9)12-5-6-13(10-3)11-4/h1,5-6H2,2-4H3. The smallest absolute Gasteiger partial charge is 0.333 e. The second-order valence-electron chi connectivity index (χ2n) is 2.34. The van der Waals surface area contributed by atoms with Crippen LogP contribution in [0.15, 0.2) is 12.2 Å². The summed E-state index contributed by atoms with van der Waals surface area (Å²) in [6.45, 7) is 5.37. The van der Waals surface area contributed by atoms with Gasteiger partial charge in [0.05, 0.1) is 12.8 Å². The largest absolute Gasteiger partial charge is 0.462 e. The Morgan fingerprint density at radius 2 is 1.92 bits per heavy atom. The molecule has 0 amide bonds. The van der Waals surface area contributed by atoms with Crippen molar-refractivity contribution in [3.8, 4) is 0 Å². The monoisotopic (exact) mass is 206 g/mol. The van der Waals surface area contributed by atoms with E-state index in [0.717, 1.165) is 0 Å². The second kappa shape index (κ2) is 7.01. The average Bonchev–Trinajstić information content (AvgIpc) is 2.12. The van der Waals surface area contributed by atoms with E-state index in [9.17, 15) is 4.79 Å². The van der Waals surface area contributed by atoms with Gasteiger partial charge in [0.15, 0.2) is 8.38 Å². The fraction of sp³-hybridized carbons (Fsp3) is 0.625. The molecule has 76 valence electrons. The lowest BCUT2D eigenvalue weighted by Crippen LogP contribution is -2.08. The van der Waals surface area contributed by atoms with E-state index in [1.807, 2.05) is 0 Å². The molecule has 0 aliphatic rings. The lowest BCUT2D eigenvalue weighted by atomic mass is 10.4. The molecule has 0 radical (unpaired) electrons. The maximum absolute atomic E-state index is 10.9. The number of hydrogen-bond donors (Lipinski definition) is 0. The topological polar surface area (TPSA) is 44.8 Å². The van der Waals surface area contributed by atoms with Crippen molar-refractivity contribution >= 4 is 14.3 Å². The Morgan fingerprint density at radius 3 is 2.31 bits per heavy atom. The Balaban J connectivity index is 3.54. The molecule has 13 heavy (non-hydrogen) atoms. The van der Waals surface area contributed by atoms with Gasteiger partial charge in [-0.15, -0.1) is 0 Å². The van der Waals surface area contributed by atoms with Crippen LogP contribution in [0.4, 0.5) is 0 Å². The van der Waals surface area contributed by atoms with Gasteiger partial charge in [-0.25, -0.2) is 4.79 Å². The quantitative estimate of drug-likeness (QED) is 0.377. The van der Waals surface area contributed by atoms with Crippen LogP contribution in [0.25, 0.3) is 0 Å². The van der Waals surface area contributed by atoms with Crippen LogP contribution < -0.4 is 0 Å². The van der Waals surface area contributed by atoms with Gasteiger partial charge in [-0.1, -0.05) is 6.58 Å². The summed E-state index contributed by atoms with van der Waals surface area (Å²) in [5, 5.41) is 0. The summed E-state index contributed by atoms with van der Waals surface area (Å²) in [6.07, 6.45) is 0.585. The molecule has 0 aromatic carbocycles. The first-order valence-corrected chi connectivity index (χ1v) is 5.16. The highest BCUT2D eigenvalue weighted by Gasteiger charge is 2.08. The van der Waals surface area contributed by atoms with E-state index in [1.54, 1.807) is 21.1 Å². The van der Waals surface area contributed by atoms with Crippen molar-refractivity contribution in [3.63, 3.8) is 0 Å². The molecule has 4 nitrogen and oxygen atoms in total. The molecular formula is C8H15O4P. The average molecular weight is 206 g/mol. The lowest BCUT2D eigenvalue weighted by molar-refractivity contribution is -0.138. The lowest BCUT2D eigenvalue weighted by Gasteiger charge is -2.11. The molecule has 0 rings (SSSR count). The molecule has 0 N–H and O–H groups in total. The van der Waals surface area contributed by atoms with Crippen molar-refractivity contribution in [2.75, 3.05) is 27.0 Å². The number of carbonyl (C=O) groups is 1. The van der Waals surface area contributed by atoms with Gasteiger partial charge in [-0.2, -0.15) is 0 Å². The van der Waals surface area contributed by atoms with Gasteiger partial charge in [0, 0.05) is 19.8 Å². The van der Waals surface area contributed by atoms with Crippen molar-refractivity contribution in [2.45, 2.75) is 6.92 Å². The van der Waals surface area contributed by atoms with E-state index in [0.29, 0.717) is 18.3 Å². The summed E-state index contributed by atoms with van der Waals surface area (Å²) < 4.78 is 14.8. The third-order valence-electron chi connectivity index (χ3n) is 1.26. The van der Waals surface area contributed by atoms with Crippen LogP contribution in [0.3, 0.4) is 0 Å². The van der Waals surface area contributed by atoms with Gasteiger partial charge in [-0.3, -0.25) is 0 Å². The minimum atomic E-state index is -0.913. The van der Waals surface area contributed by atoms with Crippen LogP contribution in [0.2, 0.25) is 0 Å². The summed E-state index contributed by atoms with van der Waals surface area (Å²) in [6, 6.07) is 0. The van der Waals surface area contributed by atoms with Gasteiger partial charge in [0.1, 0.15) is 0 Å². The number of rotatable bonds is 6. The molecule has 0 unspecified atom stereocenters. The first kappa shape index (κ1) is 12.6. The van der Waals surface area contributed by atoms with Crippen molar-refractivity contribution in [2.24, 2.45) is 0 Å². The Bertz CT molecular complexity index is 177. The third kappa shape index (κ3) is 5.75. The van der Waals surface area contributed by atoms with Crippen molar-refractivity contribution < 1.29 is 18.6 Å². The van der Waals surface area contributed by atoms with E-state index in [2.05, 4.69) is 6.58 Å². The number of esters is 1. The minimum absolute atomic E-state index is 0.305. The van der Waals surface area contributed by atoms with Crippen molar-refractivity contribution in [1.82, 2.24) is 0 Å². The Hall–Kier alpha value is -0.440. The van der Waals surface area contributed by atoms with E-state index in [-0.39, 0.29) is 5.97 Å². The Kier molecular flexibility index (Phi) is 6.77. The van der Waals surface area contributed by atoms with Crippen LogP contribution in [0.5, 0.6) is 0 Å². The van der Waals surface area contributed by atoms with E-state index in [1.165, 1.54) is 0 Å². The first-order chi connectivity index (χ1) is 6.11. The molecule has 0 heterocycles. The molecule has 5 heteroatoms. The zero-order valence-corrected chi connectivity index (χ0v) is 9.10. The molecule has 0 aliphatic carbocycles. The minimum Gasteiger partial charge on any atom is -0.462 e. The highest BCUT2D eigenvalue weighted by molar-refractivity contribution is 7.47. The van der Waals surface area contributed by atoms with E-state index < -0.39 is 8.38 Å². The molecule has 0 saturated heterocycles. The molecule has 0 aliphatic heterocycles. The van der Waals surface area contributed by atoms with Crippen LogP contribution in [-0.2, 0) is 18.6 Å². The van der Waals surface area contributed by atoms with Crippen LogP contribution in [-0.4, -0.2) is 33.0 Å². The summed E-state index contributed by atoms with van der Waals surface area (Å²) >= 11 is 0. The van der Waals surface area contributed by atoms with Crippen LogP contribution in [0, 0.1) is 0 Å². The second-order valence-corrected chi connectivity index (χ2v) is 4.18. The fourth-order valence-electron chi connectivity index (χ4n) is 0.593. The normalized spacial score (nSPS) is 10.2. The van der Waals surface area contributed by atoms with Crippen molar-refractivity contribution in [3.05, 3.63) is 12.2 Å². The summed E-state index contributed by atoms with van der Waals surface area (Å²) in [5.41, 5.74) is 0.402. The van der Waals surface area contributed by atoms with Gasteiger partial charge < -0.3 is 13.8 Å². The summed E-state index contributed by atoms with van der Waals surface area (Å²) in [7, 11) is 2.22. The van der Waals surface area contributed by atoms with Gasteiger partial charge in [0.25, 0.3) is 0 Å². The summed E-state index contributed by atoms with van der Waals surface area (Å²) in [5.74, 6) is -0.373. The zero-order chi connectivity index (χ0) is 10.3. The maximum Gasteiger partial charge on any atom is 0.333 e. The van der Waals surface area contributed by atoms with Crippen LogP contribution >= 0.6 is 8.38 Å². The highest BCUT2D eigenvalue weighted by atomic mass is 31.2. The number of hydrogen-bond acceptors (Lipinski definition) is 4. The number of carbonyl (C=O) groups excluding carboxylic acids is 1. The SMILES string of the molecule is C=C(C)C(=O)OCCP(OC)OC. The van der Waals surface area contributed by atoms with Gasteiger partial charge in [-0.05, 0) is 6.92 Å². The molecule has 0 bridgehead atoms. The molecule has 0 spiro atoms. The van der Waals surface area contributed by atoms with Crippen LogP contribution in [0.1, 0.15) is 6.92 Å². The molecule has 0 fully saturated rings. The van der Waals surface area contributed by atoms with E-state index >= 15 is 0 Å². The predicted molar refractivity (Wildman–Crippen MR) is 51.6 cm³/mol. The van der Waals surface area contributed by atoms with E-state index in [4.69, 9.17) is 13.8 Å². The molecular weight excluding hydrogens is 191 g/mol. The van der Waals surface area contributed by atoms with Crippen molar-refractivity contribution in [1.29, 1.82) is 0 Å². The fourth-order valence-corrected chi connectivity index (χ4v) is 1.35. The maximum atomic E-state index is 10.9. The van der Waals surface area contributed by atoms with Gasteiger partial charge in [0.2, 0.25) is 0 Å².